The number of rotatable bonds is 3. The van der Waals surface area contributed by atoms with E-state index in [0.717, 1.165) is 16.7 Å². The van der Waals surface area contributed by atoms with E-state index >= 15 is 0 Å². The molecule has 1 fully saturated rings. The van der Waals surface area contributed by atoms with E-state index in [9.17, 15) is 9.59 Å². The maximum absolute atomic E-state index is 12.7. The molecule has 1 heterocycles. The fourth-order valence-corrected chi connectivity index (χ4v) is 2.89. The second kappa shape index (κ2) is 4.80. The molecule has 1 atom stereocenters. The summed E-state index contributed by atoms with van der Waals surface area (Å²) >= 11 is 0. The van der Waals surface area contributed by atoms with Crippen LogP contribution in [-0.2, 0) is 9.59 Å². The summed E-state index contributed by atoms with van der Waals surface area (Å²) in [6.45, 7) is 7.83. The highest BCUT2D eigenvalue weighted by atomic mass is 16.2. The predicted molar refractivity (Wildman–Crippen MR) is 75.1 cm³/mol. The van der Waals surface area contributed by atoms with E-state index in [1.807, 2.05) is 45.9 Å². The average Bonchev–Trinajstić information content (AvgIpc) is 2.64. The van der Waals surface area contributed by atoms with E-state index in [1.165, 1.54) is 0 Å². The quantitative estimate of drug-likeness (QED) is 0.848. The normalized spacial score (nSPS) is 21.6. The van der Waals surface area contributed by atoms with Crippen molar-refractivity contribution in [1.29, 1.82) is 0 Å². The molecule has 19 heavy (non-hydrogen) atoms. The average molecular weight is 259 g/mol. The Labute approximate surface area is 114 Å². The van der Waals surface area contributed by atoms with Crippen LogP contribution in [0.3, 0.4) is 0 Å². The van der Waals surface area contributed by atoms with Crippen LogP contribution in [0.15, 0.2) is 18.2 Å². The third kappa shape index (κ3) is 2.07. The molecule has 0 saturated carbocycles. The standard InChI is InChI=1S/C16H21NO2/c1-5-16(6-2)14(18)13(15(19)17-16)12-9-10(3)7-8-11(12)4/h7-9,13H,5-6H2,1-4H3,(H,17,19). The Morgan fingerprint density at radius 3 is 2.32 bits per heavy atom. The summed E-state index contributed by atoms with van der Waals surface area (Å²) in [5.41, 5.74) is 2.26. The van der Waals surface area contributed by atoms with Crippen LogP contribution in [0, 0.1) is 13.8 Å². The van der Waals surface area contributed by atoms with E-state index in [4.69, 9.17) is 0 Å². The van der Waals surface area contributed by atoms with E-state index < -0.39 is 11.5 Å². The second-order valence-electron chi connectivity index (χ2n) is 5.44. The van der Waals surface area contributed by atoms with Gasteiger partial charge in [-0.15, -0.1) is 0 Å². The Kier molecular flexibility index (Phi) is 3.48. The number of ketones is 1. The van der Waals surface area contributed by atoms with Gasteiger partial charge in [0.2, 0.25) is 5.91 Å². The van der Waals surface area contributed by atoms with Crippen LogP contribution in [0.4, 0.5) is 0 Å². The van der Waals surface area contributed by atoms with Gasteiger partial charge in [0, 0.05) is 0 Å². The number of amides is 1. The number of aryl methyl sites for hydroxylation is 2. The smallest absolute Gasteiger partial charge is 0.235 e. The van der Waals surface area contributed by atoms with Crippen LogP contribution in [0.25, 0.3) is 0 Å². The monoisotopic (exact) mass is 259 g/mol. The molecule has 0 spiro atoms. The van der Waals surface area contributed by atoms with Gasteiger partial charge in [-0.25, -0.2) is 0 Å². The van der Waals surface area contributed by atoms with E-state index in [0.29, 0.717) is 12.8 Å². The second-order valence-corrected chi connectivity index (χ2v) is 5.44. The highest BCUT2D eigenvalue weighted by Gasteiger charge is 2.51. The molecule has 1 saturated heterocycles. The molecule has 1 N–H and O–H groups in total. The molecule has 1 unspecified atom stereocenters. The summed E-state index contributed by atoms with van der Waals surface area (Å²) in [6, 6.07) is 5.94. The first-order valence-corrected chi connectivity index (χ1v) is 6.88. The van der Waals surface area contributed by atoms with Gasteiger partial charge in [-0.2, -0.15) is 0 Å². The minimum Gasteiger partial charge on any atom is -0.343 e. The lowest BCUT2D eigenvalue weighted by Crippen LogP contribution is -2.45. The largest absolute Gasteiger partial charge is 0.343 e. The summed E-state index contributed by atoms with van der Waals surface area (Å²) in [7, 11) is 0. The first-order valence-electron chi connectivity index (χ1n) is 6.88. The highest BCUT2D eigenvalue weighted by Crippen LogP contribution is 2.35. The molecule has 1 aliphatic heterocycles. The first kappa shape index (κ1) is 13.8. The molecule has 1 aliphatic rings. The van der Waals surface area contributed by atoms with Crippen molar-refractivity contribution in [2.24, 2.45) is 0 Å². The summed E-state index contributed by atoms with van der Waals surface area (Å²) in [5.74, 6) is -0.765. The van der Waals surface area contributed by atoms with Gasteiger partial charge in [-0.05, 0) is 37.8 Å². The van der Waals surface area contributed by atoms with Gasteiger partial charge < -0.3 is 5.32 Å². The van der Waals surface area contributed by atoms with Crippen molar-refractivity contribution in [3.05, 3.63) is 34.9 Å². The van der Waals surface area contributed by atoms with E-state index in [1.54, 1.807) is 0 Å². The summed E-state index contributed by atoms with van der Waals surface area (Å²) < 4.78 is 0. The fraction of sp³-hybridized carbons (Fsp3) is 0.500. The molecule has 2 rings (SSSR count). The van der Waals surface area contributed by atoms with Gasteiger partial charge in [-0.3, -0.25) is 9.59 Å². The van der Waals surface area contributed by atoms with Crippen molar-refractivity contribution in [1.82, 2.24) is 5.32 Å². The Balaban J connectivity index is 2.49. The number of hydrogen-bond donors (Lipinski definition) is 1. The molecule has 102 valence electrons. The minimum absolute atomic E-state index is 0.0243. The van der Waals surface area contributed by atoms with Gasteiger partial charge in [0.05, 0.1) is 5.54 Å². The molecular formula is C16H21NO2. The molecule has 1 amide bonds. The Bertz CT molecular complexity index is 530. The predicted octanol–water partition coefficient (Wildman–Crippen LogP) is 2.64. The zero-order chi connectivity index (χ0) is 14.2. The van der Waals surface area contributed by atoms with Gasteiger partial charge >= 0.3 is 0 Å². The number of hydrogen-bond acceptors (Lipinski definition) is 2. The lowest BCUT2D eigenvalue weighted by atomic mass is 9.82. The molecule has 3 nitrogen and oxygen atoms in total. The van der Waals surface area contributed by atoms with E-state index in [-0.39, 0.29) is 11.7 Å². The minimum atomic E-state index is -0.669. The van der Waals surface area contributed by atoms with Gasteiger partial charge in [-0.1, -0.05) is 37.6 Å². The molecule has 0 bridgehead atoms. The van der Waals surface area contributed by atoms with Crippen molar-refractivity contribution in [3.63, 3.8) is 0 Å². The van der Waals surface area contributed by atoms with Crippen LogP contribution >= 0.6 is 0 Å². The number of nitrogens with one attached hydrogen (secondary N) is 1. The number of carbonyl (C=O) groups is 2. The maximum Gasteiger partial charge on any atom is 0.235 e. The lowest BCUT2D eigenvalue weighted by molar-refractivity contribution is -0.125. The van der Waals surface area contributed by atoms with Crippen molar-refractivity contribution < 1.29 is 9.59 Å². The third-order valence-corrected chi connectivity index (χ3v) is 4.31. The summed E-state index contributed by atoms with van der Waals surface area (Å²) in [5, 5.41) is 2.92. The van der Waals surface area contributed by atoms with Crippen LogP contribution in [0.5, 0.6) is 0 Å². The Morgan fingerprint density at radius 1 is 1.16 bits per heavy atom. The number of carbonyl (C=O) groups excluding carboxylic acids is 2. The van der Waals surface area contributed by atoms with Gasteiger partial charge in [0.25, 0.3) is 0 Å². The number of Topliss-reactive ketones (excluding diaryl/α,β-unsaturated/α-hetero) is 1. The van der Waals surface area contributed by atoms with E-state index in [2.05, 4.69) is 5.32 Å². The zero-order valence-electron chi connectivity index (χ0n) is 12.0. The highest BCUT2D eigenvalue weighted by molar-refractivity contribution is 6.17. The molecular weight excluding hydrogens is 238 g/mol. The Morgan fingerprint density at radius 2 is 1.79 bits per heavy atom. The zero-order valence-corrected chi connectivity index (χ0v) is 12.0. The van der Waals surface area contributed by atoms with Gasteiger partial charge in [0.15, 0.2) is 5.78 Å². The molecule has 0 aromatic heterocycles. The van der Waals surface area contributed by atoms with Crippen LogP contribution in [0.1, 0.15) is 49.3 Å². The van der Waals surface area contributed by atoms with Crippen LogP contribution in [-0.4, -0.2) is 17.2 Å². The third-order valence-electron chi connectivity index (χ3n) is 4.31. The van der Waals surface area contributed by atoms with Crippen LogP contribution in [0.2, 0.25) is 0 Å². The molecule has 3 heteroatoms. The summed E-state index contributed by atoms with van der Waals surface area (Å²) in [4.78, 5) is 24.9. The van der Waals surface area contributed by atoms with Crippen molar-refractivity contribution in [2.75, 3.05) is 0 Å². The van der Waals surface area contributed by atoms with Crippen molar-refractivity contribution in [3.8, 4) is 0 Å². The van der Waals surface area contributed by atoms with Crippen LogP contribution < -0.4 is 5.32 Å². The Hall–Kier alpha value is -1.64. The molecule has 1 aromatic carbocycles. The molecule has 0 aliphatic carbocycles. The maximum atomic E-state index is 12.7. The summed E-state index contributed by atoms with van der Waals surface area (Å²) in [6.07, 6.45) is 1.30. The van der Waals surface area contributed by atoms with Crippen molar-refractivity contribution in [2.45, 2.75) is 52.0 Å². The fourth-order valence-electron chi connectivity index (χ4n) is 2.89. The topological polar surface area (TPSA) is 46.2 Å². The molecule has 0 radical (unpaired) electrons. The lowest BCUT2D eigenvalue weighted by Gasteiger charge is -2.24. The SMILES string of the molecule is CCC1(CC)NC(=O)C(c2cc(C)ccc2C)C1=O. The van der Waals surface area contributed by atoms with Gasteiger partial charge in [0.1, 0.15) is 5.92 Å². The van der Waals surface area contributed by atoms with Crippen molar-refractivity contribution >= 4 is 11.7 Å². The number of benzene rings is 1. The molecule has 1 aromatic rings. The first-order chi connectivity index (χ1) is 8.95.